The van der Waals surface area contributed by atoms with Crippen molar-refractivity contribution in [2.24, 2.45) is 5.41 Å². The van der Waals surface area contributed by atoms with Crippen molar-refractivity contribution in [2.75, 3.05) is 6.54 Å². The van der Waals surface area contributed by atoms with Gasteiger partial charge in [-0.3, -0.25) is 4.79 Å². The van der Waals surface area contributed by atoms with Crippen LogP contribution < -0.4 is 10.6 Å². The maximum atomic E-state index is 11.8. The van der Waals surface area contributed by atoms with Crippen molar-refractivity contribution in [3.8, 4) is 0 Å². The Kier molecular flexibility index (Phi) is 4.78. The Labute approximate surface area is 99.4 Å². The molecule has 2 N–H and O–H groups in total. The van der Waals surface area contributed by atoms with Crippen molar-refractivity contribution in [2.45, 2.75) is 65.5 Å². The maximum absolute atomic E-state index is 11.8. The molecule has 0 radical (unpaired) electrons. The molecule has 1 aliphatic carbocycles. The molecule has 0 spiro atoms. The van der Waals surface area contributed by atoms with Gasteiger partial charge in [-0.05, 0) is 38.5 Å². The Morgan fingerprint density at radius 3 is 2.44 bits per heavy atom. The number of carbonyl (C=O) groups is 1. The largest absolute Gasteiger partial charge is 0.352 e. The van der Waals surface area contributed by atoms with Crippen LogP contribution in [0.15, 0.2) is 0 Å². The van der Waals surface area contributed by atoms with Crippen molar-refractivity contribution in [3.63, 3.8) is 0 Å². The molecular weight excluding hydrogens is 200 g/mol. The highest BCUT2D eigenvalue weighted by Crippen LogP contribution is 2.39. The molecule has 2 unspecified atom stereocenters. The van der Waals surface area contributed by atoms with Gasteiger partial charge < -0.3 is 10.6 Å². The molecule has 1 amide bonds. The van der Waals surface area contributed by atoms with Crippen LogP contribution in [0.5, 0.6) is 0 Å². The van der Waals surface area contributed by atoms with Gasteiger partial charge in [0.1, 0.15) is 0 Å². The maximum Gasteiger partial charge on any atom is 0.237 e. The minimum Gasteiger partial charge on any atom is -0.352 e. The highest BCUT2D eigenvalue weighted by atomic mass is 16.2. The SMILES string of the molecule is CCC(C)NC(=O)C(C)NCC1(C)CCC1. The summed E-state index contributed by atoms with van der Waals surface area (Å²) < 4.78 is 0. The van der Waals surface area contributed by atoms with E-state index in [2.05, 4.69) is 24.5 Å². The minimum absolute atomic E-state index is 0.0774. The molecule has 0 heterocycles. The molecule has 0 saturated heterocycles. The van der Waals surface area contributed by atoms with E-state index < -0.39 is 0 Å². The lowest BCUT2D eigenvalue weighted by molar-refractivity contribution is -0.123. The van der Waals surface area contributed by atoms with Gasteiger partial charge in [0.2, 0.25) is 5.91 Å². The fourth-order valence-corrected chi connectivity index (χ4v) is 1.92. The standard InChI is InChI=1S/C13H26N2O/c1-5-10(2)15-12(16)11(3)14-9-13(4)7-6-8-13/h10-11,14H,5-9H2,1-4H3,(H,15,16). The fraction of sp³-hybridized carbons (Fsp3) is 0.923. The van der Waals surface area contributed by atoms with E-state index in [1.165, 1.54) is 19.3 Å². The Morgan fingerprint density at radius 2 is 2.00 bits per heavy atom. The fourth-order valence-electron chi connectivity index (χ4n) is 1.92. The van der Waals surface area contributed by atoms with E-state index in [4.69, 9.17) is 0 Å². The molecule has 3 heteroatoms. The topological polar surface area (TPSA) is 41.1 Å². The van der Waals surface area contributed by atoms with Gasteiger partial charge in [-0.25, -0.2) is 0 Å². The first-order chi connectivity index (χ1) is 7.47. The molecule has 0 aromatic carbocycles. The molecule has 3 nitrogen and oxygen atoms in total. The molecule has 1 saturated carbocycles. The third-order valence-electron chi connectivity index (χ3n) is 3.79. The molecular formula is C13H26N2O. The third kappa shape index (κ3) is 3.78. The van der Waals surface area contributed by atoms with Crippen LogP contribution in [0.1, 0.15) is 53.4 Å². The molecule has 0 aliphatic heterocycles. The van der Waals surface area contributed by atoms with Crippen molar-refractivity contribution < 1.29 is 4.79 Å². The molecule has 94 valence electrons. The molecule has 1 rings (SSSR count). The lowest BCUT2D eigenvalue weighted by Crippen LogP contribution is -2.49. The van der Waals surface area contributed by atoms with Gasteiger partial charge in [0.05, 0.1) is 6.04 Å². The third-order valence-corrected chi connectivity index (χ3v) is 3.79. The van der Waals surface area contributed by atoms with Crippen LogP contribution in [-0.2, 0) is 4.79 Å². The Hall–Kier alpha value is -0.570. The Balaban J connectivity index is 2.23. The summed E-state index contributed by atoms with van der Waals surface area (Å²) in [5.74, 6) is 0.122. The smallest absolute Gasteiger partial charge is 0.237 e. The van der Waals surface area contributed by atoms with Crippen LogP contribution in [0.25, 0.3) is 0 Å². The normalized spacial score (nSPS) is 22.0. The van der Waals surface area contributed by atoms with Crippen LogP contribution in [0.3, 0.4) is 0 Å². The molecule has 16 heavy (non-hydrogen) atoms. The zero-order valence-electron chi connectivity index (χ0n) is 11.1. The van der Waals surface area contributed by atoms with Crippen LogP contribution in [-0.4, -0.2) is 24.5 Å². The zero-order chi connectivity index (χ0) is 12.2. The van der Waals surface area contributed by atoms with E-state index in [1.807, 2.05) is 13.8 Å². The van der Waals surface area contributed by atoms with Crippen molar-refractivity contribution in [1.29, 1.82) is 0 Å². The average Bonchev–Trinajstić information content (AvgIpc) is 2.22. The number of rotatable bonds is 6. The number of amides is 1. The predicted octanol–water partition coefficient (Wildman–Crippen LogP) is 2.07. The van der Waals surface area contributed by atoms with Gasteiger partial charge in [0, 0.05) is 12.6 Å². The van der Waals surface area contributed by atoms with Crippen LogP contribution in [0, 0.1) is 5.41 Å². The summed E-state index contributed by atoms with van der Waals surface area (Å²) in [7, 11) is 0. The number of carbonyl (C=O) groups excluding carboxylic acids is 1. The molecule has 1 fully saturated rings. The zero-order valence-corrected chi connectivity index (χ0v) is 11.1. The quantitative estimate of drug-likeness (QED) is 0.728. The van der Waals surface area contributed by atoms with Gasteiger partial charge in [-0.15, -0.1) is 0 Å². The van der Waals surface area contributed by atoms with Crippen molar-refractivity contribution in [1.82, 2.24) is 10.6 Å². The average molecular weight is 226 g/mol. The predicted molar refractivity (Wildman–Crippen MR) is 67.3 cm³/mol. The van der Waals surface area contributed by atoms with Crippen molar-refractivity contribution >= 4 is 5.91 Å². The summed E-state index contributed by atoms with van der Waals surface area (Å²) in [6.07, 6.45) is 4.90. The number of hydrogen-bond acceptors (Lipinski definition) is 2. The van der Waals surface area contributed by atoms with Crippen LogP contribution >= 0.6 is 0 Å². The Bertz CT molecular complexity index is 236. The van der Waals surface area contributed by atoms with Crippen LogP contribution in [0.2, 0.25) is 0 Å². The van der Waals surface area contributed by atoms with Gasteiger partial charge in [0.15, 0.2) is 0 Å². The highest BCUT2D eigenvalue weighted by Gasteiger charge is 2.32. The van der Waals surface area contributed by atoms with E-state index in [-0.39, 0.29) is 18.0 Å². The second-order valence-corrected chi connectivity index (χ2v) is 5.58. The minimum atomic E-state index is -0.0774. The van der Waals surface area contributed by atoms with E-state index >= 15 is 0 Å². The summed E-state index contributed by atoms with van der Waals surface area (Å²) >= 11 is 0. The van der Waals surface area contributed by atoms with Gasteiger partial charge in [-0.1, -0.05) is 20.3 Å². The van der Waals surface area contributed by atoms with E-state index in [0.717, 1.165) is 13.0 Å². The lowest BCUT2D eigenvalue weighted by Gasteiger charge is -2.39. The second kappa shape index (κ2) is 5.67. The molecule has 1 aliphatic rings. The highest BCUT2D eigenvalue weighted by molar-refractivity contribution is 5.81. The number of nitrogens with one attached hydrogen (secondary N) is 2. The summed E-state index contributed by atoms with van der Waals surface area (Å²) in [4.78, 5) is 11.8. The summed E-state index contributed by atoms with van der Waals surface area (Å²) in [6, 6.07) is 0.197. The monoisotopic (exact) mass is 226 g/mol. The van der Waals surface area contributed by atoms with Crippen LogP contribution in [0.4, 0.5) is 0 Å². The van der Waals surface area contributed by atoms with E-state index in [9.17, 15) is 4.79 Å². The van der Waals surface area contributed by atoms with E-state index in [1.54, 1.807) is 0 Å². The van der Waals surface area contributed by atoms with Gasteiger partial charge in [-0.2, -0.15) is 0 Å². The van der Waals surface area contributed by atoms with Gasteiger partial charge in [0.25, 0.3) is 0 Å². The first-order valence-corrected chi connectivity index (χ1v) is 6.50. The van der Waals surface area contributed by atoms with Crippen molar-refractivity contribution in [3.05, 3.63) is 0 Å². The molecule has 0 aromatic rings. The second-order valence-electron chi connectivity index (χ2n) is 5.58. The lowest BCUT2D eigenvalue weighted by atomic mass is 9.70. The van der Waals surface area contributed by atoms with Gasteiger partial charge >= 0.3 is 0 Å². The summed E-state index contributed by atoms with van der Waals surface area (Å²) in [5, 5.41) is 6.34. The first-order valence-electron chi connectivity index (χ1n) is 6.50. The summed E-state index contributed by atoms with van der Waals surface area (Å²) in [6.45, 7) is 9.32. The Morgan fingerprint density at radius 1 is 1.38 bits per heavy atom. The van der Waals surface area contributed by atoms with E-state index in [0.29, 0.717) is 5.41 Å². The molecule has 2 atom stereocenters. The molecule has 0 aromatic heterocycles. The summed E-state index contributed by atoms with van der Waals surface area (Å²) in [5.41, 5.74) is 0.435. The number of hydrogen-bond donors (Lipinski definition) is 2. The first kappa shape index (κ1) is 13.5. The molecule has 0 bridgehead atoms.